The molecule has 4 N–H and O–H groups in total. The molecule has 0 radical (unpaired) electrons. The Kier molecular flexibility index (Phi) is 2.70. The van der Waals surface area contributed by atoms with Gasteiger partial charge in [0, 0.05) is 17.2 Å². The van der Waals surface area contributed by atoms with E-state index >= 15 is 0 Å². The van der Waals surface area contributed by atoms with Gasteiger partial charge in [0.05, 0.1) is 0 Å². The van der Waals surface area contributed by atoms with Crippen LogP contribution >= 0.6 is 11.3 Å². The minimum absolute atomic E-state index is 0.195. The van der Waals surface area contributed by atoms with E-state index < -0.39 is 0 Å². The molecule has 1 heterocycles. The molecular formula is C11H12N2OS. The molecule has 15 heavy (non-hydrogen) atoms. The maximum absolute atomic E-state index is 10.8. The Hall–Kier alpha value is -1.39. The van der Waals surface area contributed by atoms with Crippen molar-refractivity contribution >= 4 is 27.3 Å². The van der Waals surface area contributed by atoms with Gasteiger partial charge in [-0.1, -0.05) is 18.2 Å². The fourth-order valence-electron chi connectivity index (χ4n) is 1.61. The minimum atomic E-state index is -0.363. The second kappa shape index (κ2) is 4.00. The highest BCUT2D eigenvalue weighted by molar-refractivity contribution is 7.17. The molecule has 3 nitrogen and oxygen atoms in total. The molecule has 2 aromatic rings. The number of primary amides is 1. The van der Waals surface area contributed by atoms with Crippen LogP contribution in [-0.4, -0.2) is 5.91 Å². The van der Waals surface area contributed by atoms with Gasteiger partial charge in [0.25, 0.3) is 0 Å². The van der Waals surface area contributed by atoms with Gasteiger partial charge in [-0.2, -0.15) is 0 Å². The summed E-state index contributed by atoms with van der Waals surface area (Å²) in [5.74, 6) is -0.363. The summed E-state index contributed by atoms with van der Waals surface area (Å²) in [5, 5.41) is 3.12. The SMILES string of the molecule is NC(=O)C[C@@H](N)c1csc2ccccc12. The Morgan fingerprint density at radius 2 is 2.13 bits per heavy atom. The van der Waals surface area contributed by atoms with Crippen molar-refractivity contribution in [1.82, 2.24) is 0 Å². The molecule has 0 saturated heterocycles. The first kappa shape index (κ1) is 10.1. The van der Waals surface area contributed by atoms with Crippen molar-refractivity contribution in [2.75, 3.05) is 0 Å². The highest BCUT2D eigenvalue weighted by Gasteiger charge is 2.13. The molecule has 0 saturated carbocycles. The van der Waals surface area contributed by atoms with Crippen LogP contribution in [0, 0.1) is 0 Å². The Balaban J connectivity index is 2.39. The van der Waals surface area contributed by atoms with E-state index in [2.05, 4.69) is 0 Å². The summed E-state index contributed by atoms with van der Waals surface area (Å²) in [6.07, 6.45) is 0.195. The number of carbonyl (C=O) groups excluding carboxylic acids is 1. The van der Waals surface area contributed by atoms with Crippen molar-refractivity contribution < 1.29 is 4.79 Å². The van der Waals surface area contributed by atoms with Crippen LogP contribution in [0.2, 0.25) is 0 Å². The highest BCUT2D eigenvalue weighted by Crippen LogP contribution is 2.30. The largest absolute Gasteiger partial charge is 0.370 e. The maximum Gasteiger partial charge on any atom is 0.219 e. The van der Waals surface area contributed by atoms with Gasteiger partial charge in [-0.3, -0.25) is 4.79 Å². The van der Waals surface area contributed by atoms with Crippen LogP contribution in [0.25, 0.3) is 10.1 Å². The molecule has 0 aliphatic heterocycles. The van der Waals surface area contributed by atoms with Crippen LogP contribution in [0.4, 0.5) is 0 Å². The van der Waals surface area contributed by atoms with E-state index in [4.69, 9.17) is 11.5 Å². The average Bonchev–Trinajstić information content (AvgIpc) is 2.59. The van der Waals surface area contributed by atoms with Crippen molar-refractivity contribution in [2.24, 2.45) is 11.5 Å². The van der Waals surface area contributed by atoms with Crippen molar-refractivity contribution in [1.29, 1.82) is 0 Å². The Bertz CT molecular complexity index is 492. The molecule has 0 spiro atoms. The first-order chi connectivity index (χ1) is 7.18. The van der Waals surface area contributed by atoms with Crippen LogP contribution in [0.1, 0.15) is 18.0 Å². The van der Waals surface area contributed by atoms with E-state index in [0.29, 0.717) is 0 Å². The van der Waals surface area contributed by atoms with Crippen LogP contribution in [0.5, 0.6) is 0 Å². The summed E-state index contributed by atoms with van der Waals surface area (Å²) in [4.78, 5) is 10.8. The van der Waals surface area contributed by atoms with Crippen LogP contribution < -0.4 is 11.5 Å². The van der Waals surface area contributed by atoms with E-state index in [-0.39, 0.29) is 18.4 Å². The van der Waals surface area contributed by atoms with Gasteiger partial charge in [0.2, 0.25) is 5.91 Å². The van der Waals surface area contributed by atoms with E-state index in [1.54, 1.807) is 11.3 Å². The summed E-state index contributed by atoms with van der Waals surface area (Å²) in [5.41, 5.74) is 12.0. The molecule has 0 unspecified atom stereocenters. The molecule has 78 valence electrons. The number of rotatable bonds is 3. The Morgan fingerprint density at radius 3 is 2.87 bits per heavy atom. The number of hydrogen-bond acceptors (Lipinski definition) is 3. The van der Waals surface area contributed by atoms with Crippen molar-refractivity contribution in [3.8, 4) is 0 Å². The van der Waals surface area contributed by atoms with Crippen molar-refractivity contribution in [3.63, 3.8) is 0 Å². The minimum Gasteiger partial charge on any atom is -0.370 e. The smallest absolute Gasteiger partial charge is 0.219 e. The topological polar surface area (TPSA) is 69.1 Å². The summed E-state index contributed by atoms with van der Waals surface area (Å²) >= 11 is 1.64. The third-order valence-corrected chi connectivity index (χ3v) is 3.31. The van der Waals surface area contributed by atoms with Gasteiger partial charge in [-0.15, -0.1) is 11.3 Å². The van der Waals surface area contributed by atoms with Crippen LogP contribution in [0.15, 0.2) is 29.6 Å². The van der Waals surface area contributed by atoms with Gasteiger partial charge >= 0.3 is 0 Å². The summed E-state index contributed by atoms with van der Waals surface area (Å²) < 4.78 is 1.19. The number of benzene rings is 1. The van der Waals surface area contributed by atoms with E-state index in [0.717, 1.165) is 10.9 Å². The van der Waals surface area contributed by atoms with Crippen LogP contribution in [0.3, 0.4) is 0 Å². The van der Waals surface area contributed by atoms with Gasteiger partial charge in [-0.25, -0.2) is 0 Å². The normalized spacial score (nSPS) is 12.9. The highest BCUT2D eigenvalue weighted by atomic mass is 32.1. The van der Waals surface area contributed by atoms with Gasteiger partial charge in [0.15, 0.2) is 0 Å². The molecule has 2 rings (SSSR count). The maximum atomic E-state index is 10.8. The number of fused-ring (bicyclic) bond motifs is 1. The molecule has 1 aromatic carbocycles. The third kappa shape index (κ3) is 2.00. The van der Waals surface area contributed by atoms with Gasteiger partial charge < -0.3 is 11.5 Å². The molecule has 0 fully saturated rings. The number of carbonyl (C=O) groups is 1. The molecule has 0 aliphatic rings. The zero-order valence-electron chi connectivity index (χ0n) is 8.14. The molecular weight excluding hydrogens is 208 g/mol. The quantitative estimate of drug-likeness (QED) is 0.827. The number of hydrogen-bond donors (Lipinski definition) is 2. The lowest BCUT2D eigenvalue weighted by atomic mass is 10.0. The second-order valence-electron chi connectivity index (χ2n) is 3.46. The average molecular weight is 220 g/mol. The standard InChI is InChI=1S/C11H12N2OS/c12-9(5-11(13)14)8-6-15-10-4-2-1-3-7(8)10/h1-4,6,9H,5,12H2,(H2,13,14)/t9-/m1/s1. The molecule has 4 heteroatoms. The summed E-state index contributed by atoms with van der Waals surface area (Å²) in [6.45, 7) is 0. The predicted molar refractivity (Wildman–Crippen MR) is 62.6 cm³/mol. The van der Waals surface area contributed by atoms with Gasteiger partial charge in [0.1, 0.15) is 0 Å². The lowest BCUT2D eigenvalue weighted by molar-refractivity contribution is -0.118. The lowest BCUT2D eigenvalue weighted by Crippen LogP contribution is -2.20. The zero-order chi connectivity index (χ0) is 10.8. The van der Waals surface area contributed by atoms with Crippen molar-refractivity contribution in [2.45, 2.75) is 12.5 Å². The molecule has 1 aromatic heterocycles. The zero-order valence-corrected chi connectivity index (χ0v) is 8.96. The number of nitrogens with two attached hydrogens (primary N) is 2. The summed E-state index contributed by atoms with van der Waals surface area (Å²) in [6, 6.07) is 7.72. The second-order valence-corrected chi connectivity index (χ2v) is 4.38. The third-order valence-electron chi connectivity index (χ3n) is 2.33. The molecule has 0 aliphatic carbocycles. The molecule has 0 bridgehead atoms. The van der Waals surface area contributed by atoms with Crippen LogP contribution in [-0.2, 0) is 4.79 Å². The van der Waals surface area contributed by atoms with E-state index in [1.807, 2.05) is 29.6 Å². The Morgan fingerprint density at radius 1 is 1.40 bits per heavy atom. The monoisotopic (exact) mass is 220 g/mol. The van der Waals surface area contributed by atoms with Crippen molar-refractivity contribution in [3.05, 3.63) is 35.2 Å². The lowest BCUT2D eigenvalue weighted by Gasteiger charge is -2.07. The fourth-order valence-corrected chi connectivity index (χ4v) is 2.64. The number of thiophene rings is 1. The van der Waals surface area contributed by atoms with E-state index in [9.17, 15) is 4.79 Å². The molecule has 1 amide bonds. The Labute approximate surface area is 91.7 Å². The summed E-state index contributed by atoms with van der Waals surface area (Å²) in [7, 11) is 0. The fraction of sp³-hybridized carbons (Fsp3) is 0.182. The first-order valence-corrected chi connectivity index (χ1v) is 5.56. The number of amides is 1. The first-order valence-electron chi connectivity index (χ1n) is 4.68. The molecule has 1 atom stereocenters. The predicted octanol–water partition coefficient (Wildman–Crippen LogP) is 1.78. The van der Waals surface area contributed by atoms with Gasteiger partial charge in [-0.05, 0) is 22.4 Å². The van der Waals surface area contributed by atoms with E-state index in [1.165, 1.54) is 4.70 Å².